The lowest BCUT2D eigenvalue weighted by atomic mass is 10.3. The van der Waals surface area contributed by atoms with Crippen molar-refractivity contribution in [2.24, 2.45) is 0 Å². The van der Waals surface area contributed by atoms with Crippen LogP contribution in [0.25, 0.3) is 0 Å². The number of hydrogen-bond donors (Lipinski definition) is 2. The van der Waals surface area contributed by atoms with Crippen LogP contribution < -0.4 is 10.0 Å². The standard InChI is InChI=1S/C12H20N2O2S2.ClH/c1-4-13-10(2)9-14-18(15,16)12-7-5-6-11(8-12)17-3;/h5-8,10,13-14H,4,9H2,1-3H3;1H/t10-;/m1./s1. The van der Waals surface area contributed by atoms with Gasteiger partial charge in [-0.25, -0.2) is 13.1 Å². The van der Waals surface area contributed by atoms with Gasteiger partial charge in [0.1, 0.15) is 0 Å². The zero-order valence-corrected chi connectivity index (χ0v) is 13.8. The number of benzene rings is 1. The van der Waals surface area contributed by atoms with E-state index in [0.717, 1.165) is 11.4 Å². The van der Waals surface area contributed by atoms with Crippen molar-refractivity contribution >= 4 is 34.2 Å². The van der Waals surface area contributed by atoms with E-state index in [9.17, 15) is 8.42 Å². The first-order valence-electron chi connectivity index (χ1n) is 5.86. The number of hydrogen-bond acceptors (Lipinski definition) is 4. The molecule has 0 heterocycles. The Kier molecular flexibility index (Phi) is 8.69. The van der Waals surface area contributed by atoms with Gasteiger partial charge in [0, 0.05) is 17.5 Å². The molecule has 0 unspecified atom stereocenters. The van der Waals surface area contributed by atoms with Crippen molar-refractivity contribution in [1.82, 2.24) is 10.0 Å². The van der Waals surface area contributed by atoms with Crippen LogP contribution in [0, 0.1) is 0 Å². The Balaban J connectivity index is 0.00000324. The molecule has 110 valence electrons. The number of nitrogens with one attached hydrogen (secondary N) is 2. The van der Waals surface area contributed by atoms with E-state index in [1.165, 1.54) is 11.8 Å². The second kappa shape index (κ2) is 8.81. The van der Waals surface area contributed by atoms with Gasteiger partial charge in [-0.3, -0.25) is 0 Å². The molecule has 4 nitrogen and oxygen atoms in total. The van der Waals surface area contributed by atoms with Crippen molar-refractivity contribution in [2.75, 3.05) is 19.3 Å². The molecule has 0 radical (unpaired) electrons. The molecule has 0 bridgehead atoms. The van der Waals surface area contributed by atoms with E-state index < -0.39 is 10.0 Å². The molecule has 2 N–H and O–H groups in total. The van der Waals surface area contributed by atoms with Gasteiger partial charge in [0.25, 0.3) is 0 Å². The lowest BCUT2D eigenvalue weighted by molar-refractivity contribution is 0.536. The topological polar surface area (TPSA) is 58.2 Å². The maximum Gasteiger partial charge on any atom is 0.240 e. The summed E-state index contributed by atoms with van der Waals surface area (Å²) in [4.78, 5) is 1.26. The number of rotatable bonds is 7. The predicted octanol–water partition coefficient (Wildman–Crippen LogP) is 2.11. The zero-order valence-electron chi connectivity index (χ0n) is 11.3. The van der Waals surface area contributed by atoms with Gasteiger partial charge >= 0.3 is 0 Å². The normalized spacial score (nSPS) is 12.8. The van der Waals surface area contributed by atoms with E-state index in [1.54, 1.807) is 18.2 Å². The van der Waals surface area contributed by atoms with E-state index in [4.69, 9.17) is 0 Å². The molecule has 0 aromatic heterocycles. The molecule has 1 rings (SSSR count). The average Bonchev–Trinajstić information content (AvgIpc) is 2.37. The Hall–Kier alpha value is -0.270. The smallest absolute Gasteiger partial charge is 0.240 e. The summed E-state index contributed by atoms with van der Waals surface area (Å²) in [6.45, 7) is 5.15. The van der Waals surface area contributed by atoms with Crippen molar-refractivity contribution in [3.05, 3.63) is 24.3 Å². The maximum atomic E-state index is 12.1. The van der Waals surface area contributed by atoms with Crippen LogP contribution in [0.3, 0.4) is 0 Å². The van der Waals surface area contributed by atoms with Crippen LogP contribution in [-0.4, -0.2) is 33.8 Å². The molecule has 1 aromatic carbocycles. The van der Waals surface area contributed by atoms with Gasteiger partial charge in [-0.2, -0.15) is 0 Å². The van der Waals surface area contributed by atoms with Crippen LogP contribution in [0.2, 0.25) is 0 Å². The van der Waals surface area contributed by atoms with Crippen LogP contribution >= 0.6 is 24.2 Å². The Morgan fingerprint density at radius 2 is 2.05 bits per heavy atom. The van der Waals surface area contributed by atoms with E-state index in [2.05, 4.69) is 10.0 Å². The molecule has 19 heavy (non-hydrogen) atoms. The summed E-state index contributed by atoms with van der Waals surface area (Å²) >= 11 is 1.53. The molecule has 1 aromatic rings. The first-order valence-corrected chi connectivity index (χ1v) is 8.57. The third kappa shape index (κ3) is 6.14. The third-order valence-corrected chi connectivity index (χ3v) is 4.63. The van der Waals surface area contributed by atoms with Crippen molar-refractivity contribution in [1.29, 1.82) is 0 Å². The molecule has 1 atom stereocenters. The minimum Gasteiger partial charge on any atom is -0.313 e. The lowest BCUT2D eigenvalue weighted by Crippen LogP contribution is -2.38. The molecule has 0 aliphatic carbocycles. The van der Waals surface area contributed by atoms with Crippen LogP contribution in [0.15, 0.2) is 34.1 Å². The van der Waals surface area contributed by atoms with Gasteiger partial charge < -0.3 is 5.32 Å². The summed E-state index contributed by atoms with van der Waals surface area (Å²) in [5.41, 5.74) is 0. The zero-order chi connectivity index (χ0) is 13.6. The SMILES string of the molecule is CCN[C@H](C)CNS(=O)(=O)c1cccc(SC)c1.Cl. The first kappa shape index (κ1) is 18.7. The second-order valence-corrected chi connectivity index (χ2v) is 6.64. The fourth-order valence-electron chi connectivity index (χ4n) is 1.51. The van der Waals surface area contributed by atoms with Crippen molar-refractivity contribution < 1.29 is 8.42 Å². The Bertz CT molecular complexity index is 480. The van der Waals surface area contributed by atoms with Crippen LogP contribution in [0.5, 0.6) is 0 Å². The first-order chi connectivity index (χ1) is 8.49. The van der Waals surface area contributed by atoms with Crippen molar-refractivity contribution in [2.45, 2.75) is 29.7 Å². The van der Waals surface area contributed by atoms with Gasteiger partial charge in [-0.1, -0.05) is 13.0 Å². The highest BCUT2D eigenvalue weighted by atomic mass is 35.5. The highest BCUT2D eigenvalue weighted by molar-refractivity contribution is 7.98. The van der Waals surface area contributed by atoms with Gasteiger partial charge in [-0.15, -0.1) is 24.2 Å². The van der Waals surface area contributed by atoms with Crippen LogP contribution in [0.1, 0.15) is 13.8 Å². The lowest BCUT2D eigenvalue weighted by Gasteiger charge is -2.13. The number of likely N-dealkylation sites (N-methyl/N-ethyl adjacent to an activating group) is 1. The molecular formula is C12H21ClN2O2S2. The third-order valence-electron chi connectivity index (χ3n) is 2.48. The van der Waals surface area contributed by atoms with Crippen LogP contribution in [0.4, 0.5) is 0 Å². The fraction of sp³-hybridized carbons (Fsp3) is 0.500. The molecule has 7 heteroatoms. The van der Waals surface area contributed by atoms with Gasteiger partial charge in [0.15, 0.2) is 0 Å². The summed E-state index contributed by atoms with van der Waals surface area (Å²) in [6.07, 6.45) is 1.92. The molecule has 0 spiro atoms. The molecule has 0 saturated carbocycles. The van der Waals surface area contributed by atoms with E-state index in [1.807, 2.05) is 26.2 Å². The van der Waals surface area contributed by atoms with E-state index in [0.29, 0.717) is 11.4 Å². The summed E-state index contributed by atoms with van der Waals surface area (Å²) < 4.78 is 26.7. The summed E-state index contributed by atoms with van der Waals surface area (Å²) in [5.74, 6) is 0. The minimum absolute atomic E-state index is 0. The predicted molar refractivity (Wildman–Crippen MR) is 83.8 cm³/mol. The highest BCUT2D eigenvalue weighted by Gasteiger charge is 2.15. The largest absolute Gasteiger partial charge is 0.313 e. The average molecular weight is 325 g/mol. The summed E-state index contributed by atoms with van der Waals surface area (Å²) in [6, 6.07) is 7.07. The van der Waals surface area contributed by atoms with Gasteiger partial charge in [-0.05, 0) is 37.9 Å². The molecular weight excluding hydrogens is 304 g/mol. The maximum absolute atomic E-state index is 12.1. The summed E-state index contributed by atoms with van der Waals surface area (Å²) in [5, 5.41) is 3.16. The van der Waals surface area contributed by atoms with Crippen molar-refractivity contribution in [3.8, 4) is 0 Å². The number of sulfonamides is 1. The number of halogens is 1. The number of thioether (sulfide) groups is 1. The Labute approximate surface area is 126 Å². The van der Waals surface area contributed by atoms with E-state index in [-0.39, 0.29) is 18.4 Å². The molecule has 0 fully saturated rings. The molecule has 0 aliphatic heterocycles. The molecule has 0 amide bonds. The van der Waals surface area contributed by atoms with Crippen molar-refractivity contribution in [3.63, 3.8) is 0 Å². The minimum atomic E-state index is -3.41. The van der Waals surface area contributed by atoms with E-state index >= 15 is 0 Å². The Morgan fingerprint density at radius 1 is 1.37 bits per heavy atom. The Morgan fingerprint density at radius 3 is 2.63 bits per heavy atom. The quantitative estimate of drug-likeness (QED) is 0.754. The fourth-order valence-corrected chi connectivity index (χ4v) is 3.22. The molecule has 0 saturated heterocycles. The highest BCUT2D eigenvalue weighted by Crippen LogP contribution is 2.18. The van der Waals surface area contributed by atoms with Gasteiger partial charge in [0.2, 0.25) is 10.0 Å². The second-order valence-electron chi connectivity index (χ2n) is 3.99. The van der Waals surface area contributed by atoms with Crippen LogP contribution in [-0.2, 0) is 10.0 Å². The van der Waals surface area contributed by atoms with Gasteiger partial charge in [0.05, 0.1) is 4.90 Å². The summed E-state index contributed by atoms with van der Waals surface area (Å²) in [7, 11) is -3.41. The monoisotopic (exact) mass is 324 g/mol. The molecule has 0 aliphatic rings.